The third-order valence-corrected chi connectivity index (χ3v) is 14.5. The first-order valence-electron chi connectivity index (χ1n) is 25.6. The van der Waals surface area contributed by atoms with E-state index in [1.807, 2.05) is 111 Å². The minimum atomic E-state index is -0.856. The minimum absolute atomic E-state index is 0.00254. The molecule has 4 atom stereocenters. The van der Waals surface area contributed by atoms with Gasteiger partial charge in [0.2, 0.25) is 23.6 Å². The van der Waals surface area contributed by atoms with E-state index in [4.69, 9.17) is 30.5 Å². The molecule has 16 nitrogen and oxygen atoms in total. The maximum absolute atomic E-state index is 13.9. The number of halogens is 1. The highest BCUT2D eigenvalue weighted by Crippen LogP contribution is 2.41. The lowest BCUT2D eigenvalue weighted by Gasteiger charge is -2.39. The first kappa shape index (κ1) is 56.5. The van der Waals surface area contributed by atoms with E-state index in [-0.39, 0.29) is 55.5 Å². The zero-order valence-electron chi connectivity index (χ0n) is 43.7. The first-order valence-corrected chi connectivity index (χ1v) is 26.9. The smallest absolute Gasteiger partial charge is 0.251 e. The van der Waals surface area contributed by atoms with Crippen molar-refractivity contribution < 1.29 is 42.9 Å². The molecule has 4 N–H and O–H groups in total. The zero-order chi connectivity index (χ0) is 53.5. The quantitative estimate of drug-likeness (QED) is 0.0435. The second kappa shape index (κ2) is 27.0. The summed E-state index contributed by atoms with van der Waals surface area (Å²) in [6, 6.07) is 27.7. The van der Waals surface area contributed by atoms with E-state index in [0.29, 0.717) is 76.1 Å². The number of nitrogens with zero attached hydrogens (tertiary/aromatic N) is 3. The van der Waals surface area contributed by atoms with Crippen LogP contribution in [0.2, 0.25) is 5.02 Å². The summed E-state index contributed by atoms with van der Waals surface area (Å²) in [5.41, 5.74) is 9.52. The molecule has 2 aliphatic rings. The number of carbonyl (C=O) groups excluding carboxylic acids is 5. The molecule has 5 aromatic rings. The summed E-state index contributed by atoms with van der Waals surface area (Å²) < 4.78 is 22.4. The average Bonchev–Trinajstić information content (AvgIpc) is 4.07. The van der Waals surface area contributed by atoms with Crippen molar-refractivity contribution in [3.63, 3.8) is 0 Å². The van der Waals surface area contributed by atoms with E-state index in [1.165, 1.54) is 0 Å². The number of anilines is 2. The molecular formula is C57H70ClN7O9S. The van der Waals surface area contributed by atoms with Gasteiger partial charge < -0.3 is 50.0 Å². The number of carbonyl (C=O) groups is 5. The molecule has 0 spiro atoms. The number of likely N-dealkylation sites (tertiary alicyclic amines) is 1. The van der Waals surface area contributed by atoms with E-state index in [1.54, 1.807) is 35.3 Å². The number of amides is 5. The van der Waals surface area contributed by atoms with E-state index in [0.717, 1.165) is 56.2 Å². The van der Waals surface area contributed by atoms with Gasteiger partial charge in [0.25, 0.3) is 5.91 Å². The molecule has 400 valence electrons. The molecule has 2 aliphatic heterocycles. The molecule has 18 heteroatoms. The number of aryl methyl sites for hydroxylation is 1. The predicted molar refractivity (Wildman–Crippen MR) is 293 cm³/mol. The van der Waals surface area contributed by atoms with Gasteiger partial charge in [0, 0.05) is 54.6 Å². The Hall–Kier alpha value is -6.21. The van der Waals surface area contributed by atoms with E-state index < -0.39 is 23.4 Å². The number of nitrogens with one attached hydrogen (secondary N) is 4. The maximum Gasteiger partial charge on any atom is 0.251 e. The van der Waals surface area contributed by atoms with E-state index >= 15 is 0 Å². The van der Waals surface area contributed by atoms with Crippen LogP contribution in [0.3, 0.4) is 0 Å². The van der Waals surface area contributed by atoms with Gasteiger partial charge in [-0.1, -0.05) is 74.8 Å². The molecule has 0 radical (unpaired) electrons. The Morgan fingerprint density at radius 3 is 2.08 bits per heavy atom. The summed E-state index contributed by atoms with van der Waals surface area (Å²) >= 11 is 7.72. The van der Waals surface area contributed by atoms with Crippen LogP contribution < -0.4 is 26.2 Å². The van der Waals surface area contributed by atoms with Gasteiger partial charge in [-0.3, -0.25) is 24.0 Å². The van der Waals surface area contributed by atoms with Crippen LogP contribution in [0.1, 0.15) is 87.1 Å². The van der Waals surface area contributed by atoms with Crippen LogP contribution >= 0.6 is 22.9 Å². The van der Waals surface area contributed by atoms with Crippen molar-refractivity contribution >= 4 is 63.8 Å². The van der Waals surface area contributed by atoms with E-state index in [9.17, 15) is 24.0 Å². The van der Waals surface area contributed by atoms with Crippen LogP contribution in [0, 0.1) is 12.3 Å². The Morgan fingerprint density at radius 1 is 0.800 bits per heavy atom. The summed E-state index contributed by atoms with van der Waals surface area (Å²) in [6.07, 6.45) is 1.97. The van der Waals surface area contributed by atoms with Crippen molar-refractivity contribution in [3.8, 4) is 21.6 Å². The number of fused-ring (bicyclic) bond motifs is 1. The first-order chi connectivity index (χ1) is 36.1. The van der Waals surface area contributed by atoms with Crippen molar-refractivity contribution in [3.05, 3.63) is 124 Å². The van der Waals surface area contributed by atoms with Crippen molar-refractivity contribution in [1.82, 2.24) is 25.8 Å². The molecule has 75 heavy (non-hydrogen) atoms. The molecule has 1 unspecified atom stereocenters. The molecule has 1 saturated heterocycles. The second-order valence-electron chi connectivity index (χ2n) is 19.9. The standard InChI is InChI=1S/C57H70ClN7O9S/c1-37-32-48(62-46-20-18-45(58)19-21-46)47-33-44(17-22-49(47)65(37)39(3)66)41-13-15-43(16-14-41)54(68)59-23-25-71-26-27-72-28-29-73-30-31-74-35-51(67)63-53(57(4,5)6)56(70)64-24-7-8-50(64)55(69)60-34-40-9-11-42(12-10-40)52-38(2)61-36-75-52/h9-22,33,36-37,48,50,53,62H,7-8,23-32,34-35H2,1-6H3,(H,59,68)(H,60,69)(H,63,67)/t37-,48+,50-,53?/m0/s1. The largest absolute Gasteiger partial charge is 0.378 e. The lowest BCUT2D eigenvalue weighted by Crippen LogP contribution is -2.58. The van der Waals surface area contributed by atoms with Crippen LogP contribution in [-0.2, 0) is 44.7 Å². The highest BCUT2D eigenvalue weighted by Gasteiger charge is 2.42. The number of ether oxygens (including phenoxy) is 4. The van der Waals surface area contributed by atoms with Gasteiger partial charge in [-0.25, -0.2) is 4.98 Å². The van der Waals surface area contributed by atoms with Crippen LogP contribution in [0.4, 0.5) is 11.4 Å². The van der Waals surface area contributed by atoms with Crippen LogP contribution in [0.25, 0.3) is 21.6 Å². The number of rotatable bonds is 24. The third-order valence-electron chi connectivity index (χ3n) is 13.3. The van der Waals surface area contributed by atoms with E-state index in [2.05, 4.69) is 39.2 Å². The van der Waals surface area contributed by atoms with Gasteiger partial charge in [-0.15, -0.1) is 11.3 Å². The minimum Gasteiger partial charge on any atom is -0.378 e. The van der Waals surface area contributed by atoms with Gasteiger partial charge in [0.15, 0.2) is 0 Å². The van der Waals surface area contributed by atoms with Crippen molar-refractivity contribution in [2.45, 2.75) is 91.5 Å². The lowest BCUT2D eigenvalue weighted by atomic mass is 9.85. The van der Waals surface area contributed by atoms with Gasteiger partial charge >= 0.3 is 0 Å². The van der Waals surface area contributed by atoms with Crippen molar-refractivity contribution in [2.24, 2.45) is 5.41 Å². The Balaban J connectivity index is 0.732. The molecule has 0 saturated carbocycles. The fourth-order valence-corrected chi connectivity index (χ4v) is 10.3. The van der Waals surface area contributed by atoms with Crippen molar-refractivity contribution in [1.29, 1.82) is 0 Å². The average molecular weight is 1060 g/mol. The van der Waals surface area contributed by atoms with Crippen LogP contribution in [-0.4, -0.2) is 123 Å². The van der Waals surface area contributed by atoms with Gasteiger partial charge in [-0.05, 0) is 115 Å². The summed E-state index contributed by atoms with van der Waals surface area (Å²) in [6.45, 7) is 14.2. The zero-order valence-corrected chi connectivity index (χ0v) is 45.3. The molecule has 0 aliphatic carbocycles. The Labute approximate surface area is 449 Å². The Kier molecular flexibility index (Phi) is 20.4. The number of thiazole rings is 1. The predicted octanol–water partition coefficient (Wildman–Crippen LogP) is 8.37. The van der Waals surface area contributed by atoms with Crippen LogP contribution in [0.15, 0.2) is 96.5 Å². The molecule has 5 amide bonds. The summed E-state index contributed by atoms with van der Waals surface area (Å²) in [5, 5.41) is 13.1. The highest BCUT2D eigenvalue weighted by molar-refractivity contribution is 7.13. The number of aromatic nitrogens is 1. The number of hydrogen-bond acceptors (Lipinski definition) is 12. The summed E-state index contributed by atoms with van der Waals surface area (Å²) in [7, 11) is 0. The fraction of sp³-hybridized carbons (Fsp3) is 0.439. The summed E-state index contributed by atoms with van der Waals surface area (Å²) in [4.78, 5) is 74.8. The fourth-order valence-electron chi connectivity index (χ4n) is 9.37. The normalized spacial score (nSPS) is 16.8. The topological polar surface area (TPSA) is 190 Å². The number of benzene rings is 4. The molecule has 0 bridgehead atoms. The molecule has 7 rings (SSSR count). The molecule has 4 aromatic carbocycles. The SMILES string of the molecule is CC(=O)N1c2ccc(-c3ccc(C(=O)NCCOCCOCCOCCOCC(=O)NC(C(=O)N4CCC[C@H]4C(=O)NCc4ccc(-c5scnc5C)cc4)C(C)(C)C)cc3)cc2[C@H](Nc2ccc(Cl)cc2)C[C@@H]1C. The maximum atomic E-state index is 13.9. The van der Waals surface area contributed by atoms with Gasteiger partial charge in [0.1, 0.15) is 18.7 Å². The Morgan fingerprint density at radius 2 is 1.44 bits per heavy atom. The molecular weight excluding hydrogens is 994 g/mol. The molecule has 3 heterocycles. The lowest BCUT2D eigenvalue weighted by molar-refractivity contribution is -0.144. The Bertz CT molecular complexity index is 2710. The molecule has 1 aromatic heterocycles. The summed E-state index contributed by atoms with van der Waals surface area (Å²) in [5.74, 6) is -1.15. The monoisotopic (exact) mass is 1060 g/mol. The number of hydrogen-bond donors (Lipinski definition) is 4. The van der Waals surface area contributed by atoms with Gasteiger partial charge in [-0.2, -0.15) is 0 Å². The van der Waals surface area contributed by atoms with Crippen LogP contribution in [0.5, 0.6) is 0 Å². The molecule has 1 fully saturated rings. The van der Waals surface area contributed by atoms with Gasteiger partial charge in [0.05, 0.1) is 68.4 Å². The van der Waals surface area contributed by atoms with Crippen molar-refractivity contribution in [2.75, 3.05) is 76.2 Å². The third kappa shape index (κ3) is 15.7. The highest BCUT2D eigenvalue weighted by atomic mass is 35.5. The second-order valence-corrected chi connectivity index (χ2v) is 21.2.